The first kappa shape index (κ1) is 15.6. The molecule has 0 radical (unpaired) electrons. The highest BCUT2D eigenvalue weighted by Gasteiger charge is 2.35. The van der Waals surface area contributed by atoms with Crippen molar-refractivity contribution in [2.45, 2.75) is 31.5 Å². The second kappa shape index (κ2) is 6.30. The summed E-state index contributed by atoms with van der Waals surface area (Å²) in [5, 5.41) is 16.6. The van der Waals surface area contributed by atoms with Crippen LogP contribution in [0.15, 0.2) is 18.2 Å². The van der Waals surface area contributed by atoms with E-state index < -0.39 is 22.4 Å². The standard InChI is InChI=1S/C13H16F3N3O2/c14-13(15,16)11-8-10(19(20)21)3-4-12(11)18-7-5-9-2-1-6-17-9/h3-4,8-9,17-18H,1-2,5-7H2/t9-/m0/s1. The number of non-ortho nitro benzene ring substituents is 1. The van der Waals surface area contributed by atoms with Crippen LogP contribution in [-0.4, -0.2) is 24.1 Å². The molecule has 0 spiro atoms. The van der Waals surface area contributed by atoms with Crippen LogP contribution in [0.2, 0.25) is 0 Å². The molecule has 0 aromatic heterocycles. The zero-order valence-corrected chi connectivity index (χ0v) is 11.2. The molecule has 116 valence electrons. The fourth-order valence-electron chi connectivity index (χ4n) is 2.42. The summed E-state index contributed by atoms with van der Waals surface area (Å²) >= 11 is 0. The SMILES string of the molecule is O=[N+]([O-])c1ccc(NCC[C@@H]2CCCN2)c(C(F)(F)F)c1. The summed E-state index contributed by atoms with van der Waals surface area (Å²) in [5.41, 5.74) is -1.69. The molecule has 1 aromatic rings. The van der Waals surface area contributed by atoms with Crippen molar-refractivity contribution in [2.75, 3.05) is 18.4 Å². The normalized spacial score (nSPS) is 18.7. The summed E-state index contributed by atoms with van der Waals surface area (Å²) in [6, 6.07) is 3.08. The Balaban J connectivity index is 2.08. The highest BCUT2D eigenvalue weighted by atomic mass is 19.4. The van der Waals surface area contributed by atoms with Crippen molar-refractivity contribution in [2.24, 2.45) is 0 Å². The molecule has 0 unspecified atom stereocenters. The topological polar surface area (TPSA) is 67.2 Å². The van der Waals surface area contributed by atoms with E-state index in [9.17, 15) is 23.3 Å². The summed E-state index contributed by atoms with van der Waals surface area (Å²) in [4.78, 5) is 9.76. The summed E-state index contributed by atoms with van der Waals surface area (Å²) in [5.74, 6) is 0. The highest BCUT2D eigenvalue weighted by Crippen LogP contribution is 2.37. The zero-order valence-electron chi connectivity index (χ0n) is 11.2. The summed E-state index contributed by atoms with van der Waals surface area (Å²) in [6.07, 6.45) is -1.81. The van der Waals surface area contributed by atoms with Gasteiger partial charge in [0.15, 0.2) is 0 Å². The van der Waals surface area contributed by atoms with E-state index in [4.69, 9.17) is 0 Å². The maximum Gasteiger partial charge on any atom is 0.418 e. The Labute approximate surface area is 119 Å². The van der Waals surface area contributed by atoms with Gasteiger partial charge in [-0.05, 0) is 31.9 Å². The van der Waals surface area contributed by atoms with Crippen molar-refractivity contribution in [1.29, 1.82) is 0 Å². The molecule has 0 amide bonds. The van der Waals surface area contributed by atoms with Crippen LogP contribution in [0.25, 0.3) is 0 Å². The molecule has 1 saturated heterocycles. The van der Waals surface area contributed by atoms with E-state index in [1.807, 2.05) is 0 Å². The molecule has 8 heteroatoms. The Morgan fingerprint density at radius 1 is 1.43 bits per heavy atom. The highest BCUT2D eigenvalue weighted by molar-refractivity contribution is 5.57. The van der Waals surface area contributed by atoms with Crippen LogP contribution in [0, 0.1) is 10.1 Å². The smallest absolute Gasteiger partial charge is 0.384 e. The van der Waals surface area contributed by atoms with E-state index in [-0.39, 0.29) is 5.69 Å². The van der Waals surface area contributed by atoms with E-state index in [1.54, 1.807) is 0 Å². The molecular formula is C13H16F3N3O2. The van der Waals surface area contributed by atoms with Crippen molar-refractivity contribution in [3.8, 4) is 0 Å². The van der Waals surface area contributed by atoms with Crippen LogP contribution in [0.1, 0.15) is 24.8 Å². The monoisotopic (exact) mass is 303 g/mol. The lowest BCUT2D eigenvalue weighted by atomic mass is 10.1. The Morgan fingerprint density at radius 3 is 2.76 bits per heavy atom. The van der Waals surface area contributed by atoms with E-state index in [0.717, 1.165) is 31.5 Å². The molecule has 5 nitrogen and oxygen atoms in total. The van der Waals surface area contributed by atoms with Crippen molar-refractivity contribution < 1.29 is 18.1 Å². The van der Waals surface area contributed by atoms with Crippen LogP contribution in [-0.2, 0) is 6.18 Å². The molecule has 1 heterocycles. The fourth-order valence-corrected chi connectivity index (χ4v) is 2.42. The first-order chi connectivity index (χ1) is 9.88. The molecule has 0 saturated carbocycles. The number of benzene rings is 1. The predicted molar refractivity (Wildman–Crippen MR) is 72.2 cm³/mol. The van der Waals surface area contributed by atoms with Crippen molar-refractivity contribution in [1.82, 2.24) is 5.32 Å². The van der Waals surface area contributed by atoms with Crippen LogP contribution in [0.3, 0.4) is 0 Å². The molecule has 2 rings (SSSR count). The summed E-state index contributed by atoms with van der Waals surface area (Å²) in [7, 11) is 0. The number of nitro groups is 1. The van der Waals surface area contributed by atoms with Crippen LogP contribution >= 0.6 is 0 Å². The van der Waals surface area contributed by atoms with Crippen LogP contribution in [0.5, 0.6) is 0 Å². The lowest BCUT2D eigenvalue weighted by molar-refractivity contribution is -0.385. The second-order valence-corrected chi connectivity index (χ2v) is 4.99. The maximum atomic E-state index is 12.9. The van der Waals surface area contributed by atoms with E-state index in [0.29, 0.717) is 25.1 Å². The molecule has 1 aliphatic heterocycles. The predicted octanol–water partition coefficient (Wildman–Crippen LogP) is 3.17. The number of nitrogens with zero attached hydrogens (tertiary/aromatic N) is 1. The number of alkyl halides is 3. The summed E-state index contributed by atoms with van der Waals surface area (Å²) in [6.45, 7) is 1.33. The van der Waals surface area contributed by atoms with Gasteiger partial charge in [-0.25, -0.2) is 0 Å². The van der Waals surface area contributed by atoms with Gasteiger partial charge in [0.25, 0.3) is 5.69 Å². The average Bonchev–Trinajstić information content (AvgIpc) is 2.90. The largest absolute Gasteiger partial charge is 0.418 e. The van der Waals surface area contributed by atoms with Gasteiger partial charge >= 0.3 is 6.18 Å². The van der Waals surface area contributed by atoms with Crippen molar-refractivity contribution >= 4 is 11.4 Å². The maximum absolute atomic E-state index is 12.9. The molecule has 1 atom stereocenters. The zero-order chi connectivity index (χ0) is 15.5. The number of halogens is 3. The molecule has 21 heavy (non-hydrogen) atoms. The van der Waals surface area contributed by atoms with Gasteiger partial charge in [-0.3, -0.25) is 10.1 Å². The minimum Gasteiger partial charge on any atom is -0.384 e. The first-order valence-corrected chi connectivity index (χ1v) is 6.71. The second-order valence-electron chi connectivity index (χ2n) is 4.99. The third-order valence-corrected chi connectivity index (χ3v) is 3.49. The van der Waals surface area contributed by atoms with Crippen molar-refractivity contribution in [3.63, 3.8) is 0 Å². The van der Waals surface area contributed by atoms with Crippen LogP contribution in [0.4, 0.5) is 24.5 Å². The average molecular weight is 303 g/mol. The third-order valence-electron chi connectivity index (χ3n) is 3.49. The molecular weight excluding hydrogens is 287 g/mol. The lowest BCUT2D eigenvalue weighted by Crippen LogP contribution is -2.24. The van der Waals surface area contributed by atoms with Gasteiger partial charge in [-0.2, -0.15) is 13.2 Å². The Hall–Kier alpha value is -1.83. The van der Waals surface area contributed by atoms with Gasteiger partial charge in [0.05, 0.1) is 10.5 Å². The van der Waals surface area contributed by atoms with Gasteiger partial charge in [0, 0.05) is 30.4 Å². The minimum atomic E-state index is -4.63. The van der Waals surface area contributed by atoms with Gasteiger partial charge in [0.1, 0.15) is 0 Å². The number of rotatable bonds is 5. The number of hydrogen-bond donors (Lipinski definition) is 2. The molecule has 2 N–H and O–H groups in total. The number of nitrogens with one attached hydrogen (secondary N) is 2. The summed E-state index contributed by atoms with van der Waals surface area (Å²) < 4.78 is 38.8. The number of anilines is 1. The molecule has 1 fully saturated rings. The van der Waals surface area contributed by atoms with E-state index in [2.05, 4.69) is 10.6 Å². The van der Waals surface area contributed by atoms with Gasteiger partial charge in [-0.1, -0.05) is 0 Å². The lowest BCUT2D eigenvalue weighted by Gasteiger charge is -2.16. The molecule has 1 aliphatic rings. The van der Waals surface area contributed by atoms with Crippen molar-refractivity contribution in [3.05, 3.63) is 33.9 Å². The fraction of sp³-hybridized carbons (Fsp3) is 0.538. The van der Waals surface area contributed by atoms with Gasteiger partial charge in [-0.15, -0.1) is 0 Å². The number of hydrogen-bond acceptors (Lipinski definition) is 4. The molecule has 0 bridgehead atoms. The third kappa shape index (κ3) is 4.07. The minimum absolute atomic E-state index is 0.119. The molecule has 1 aromatic carbocycles. The molecule has 0 aliphatic carbocycles. The van der Waals surface area contributed by atoms with Gasteiger partial charge in [0.2, 0.25) is 0 Å². The quantitative estimate of drug-likeness (QED) is 0.647. The Kier molecular flexibility index (Phi) is 4.66. The van der Waals surface area contributed by atoms with Gasteiger partial charge < -0.3 is 10.6 Å². The Morgan fingerprint density at radius 2 is 2.19 bits per heavy atom. The first-order valence-electron chi connectivity index (χ1n) is 6.71. The van der Waals surface area contributed by atoms with E-state index >= 15 is 0 Å². The number of nitro benzene ring substituents is 1. The van der Waals surface area contributed by atoms with Crippen LogP contribution < -0.4 is 10.6 Å². The van der Waals surface area contributed by atoms with E-state index in [1.165, 1.54) is 0 Å². The Bertz CT molecular complexity index is 514.